The Balaban J connectivity index is 1.55. The molecule has 2 fully saturated rings. The Morgan fingerprint density at radius 3 is 2.64 bits per heavy atom. The smallest absolute Gasteiger partial charge is 0.266 e. The van der Waals surface area contributed by atoms with Crippen molar-refractivity contribution in [3.05, 3.63) is 41.6 Å². The van der Waals surface area contributed by atoms with E-state index in [1.807, 2.05) is 0 Å². The summed E-state index contributed by atoms with van der Waals surface area (Å²) < 4.78 is 5.62. The minimum atomic E-state index is -0.878. The maximum Gasteiger partial charge on any atom is 0.266 e. The largest absolute Gasteiger partial charge is 0.483 e. The summed E-state index contributed by atoms with van der Waals surface area (Å²) in [5.74, 6) is -1.47. The second kappa shape index (κ2) is 7.10. The van der Waals surface area contributed by atoms with Gasteiger partial charge in [0.05, 0.1) is 11.1 Å². The van der Waals surface area contributed by atoms with Crippen LogP contribution in [0.3, 0.4) is 0 Å². The van der Waals surface area contributed by atoms with Gasteiger partial charge in [-0.05, 0) is 37.8 Å². The average Bonchev–Trinajstić information content (AvgIpc) is 3.29. The third kappa shape index (κ3) is 3.04. The van der Waals surface area contributed by atoms with Gasteiger partial charge in [-0.25, -0.2) is 0 Å². The first-order valence-electron chi connectivity index (χ1n) is 9.37. The van der Waals surface area contributed by atoms with Gasteiger partial charge in [0.1, 0.15) is 11.8 Å². The zero-order chi connectivity index (χ0) is 19.8. The molecule has 28 heavy (non-hydrogen) atoms. The first kappa shape index (κ1) is 18.2. The van der Waals surface area contributed by atoms with Crippen LogP contribution in [-0.4, -0.2) is 59.2 Å². The van der Waals surface area contributed by atoms with Crippen LogP contribution in [0.25, 0.3) is 0 Å². The Kier molecular flexibility index (Phi) is 4.62. The Hall–Kier alpha value is -3.16. The summed E-state index contributed by atoms with van der Waals surface area (Å²) in [4.78, 5) is 53.0. The standard InChI is InChI=1S/C20H21N3O5/c1-12-7-8-14(18(25)21-12)23-19(26)13-5-4-6-15(17(13)20(23)27)28-11-16(24)22-9-2-3-10-22/h4-6,14H,1-3,7-11H2,(H,21,25). The maximum atomic E-state index is 13.0. The lowest BCUT2D eigenvalue weighted by molar-refractivity contribution is -0.132. The van der Waals surface area contributed by atoms with E-state index in [9.17, 15) is 19.2 Å². The van der Waals surface area contributed by atoms with Gasteiger partial charge in [0.2, 0.25) is 5.91 Å². The monoisotopic (exact) mass is 383 g/mol. The number of rotatable bonds is 4. The van der Waals surface area contributed by atoms with Gasteiger partial charge in [-0.2, -0.15) is 0 Å². The summed E-state index contributed by atoms with van der Waals surface area (Å²) in [5.41, 5.74) is 0.870. The van der Waals surface area contributed by atoms with E-state index < -0.39 is 23.8 Å². The minimum Gasteiger partial charge on any atom is -0.483 e. The number of imide groups is 1. The number of fused-ring (bicyclic) bond motifs is 1. The number of ether oxygens (including phenoxy) is 1. The van der Waals surface area contributed by atoms with E-state index in [2.05, 4.69) is 11.9 Å². The summed E-state index contributed by atoms with van der Waals surface area (Å²) in [7, 11) is 0. The van der Waals surface area contributed by atoms with E-state index in [-0.39, 0.29) is 29.4 Å². The number of carbonyl (C=O) groups excluding carboxylic acids is 4. The molecule has 8 heteroatoms. The van der Waals surface area contributed by atoms with Gasteiger partial charge >= 0.3 is 0 Å². The molecule has 1 aromatic rings. The zero-order valence-corrected chi connectivity index (χ0v) is 15.4. The first-order chi connectivity index (χ1) is 13.5. The van der Waals surface area contributed by atoms with Crippen LogP contribution in [0.2, 0.25) is 0 Å². The number of amides is 4. The number of hydrogen-bond acceptors (Lipinski definition) is 5. The predicted octanol–water partition coefficient (Wildman–Crippen LogP) is 1.08. The summed E-state index contributed by atoms with van der Waals surface area (Å²) in [6.07, 6.45) is 2.78. The van der Waals surface area contributed by atoms with E-state index in [4.69, 9.17) is 4.74 Å². The van der Waals surface area contributed by atoms with Gasteiger partial charge < -0.3 is 15.0 Å². The van der Waals surface area contributed by atoms with Crippen LogP contribution >= 0.6 is 0 Å². The van der Waals surface area contributed by atoms with Crippen molar-refractivity contribution in [3.63, 3.8) is 0 Å². The van der Waals surface area contributed by atoms with Crippen molar-refractivity contribution in [1.82, 2.24) is 15.1 Å². The molecule has 4 amide bonds. The summed E-state index contributed by atoms with van der Waals surface area (Å²) in [5, 5.41) is 2.60. The molecule has 1 atom stereocenters. The highest BCUT2D eigenvalue weighted by molar-refractivity contribution is 6.24. The Bertz CT molecular complexity index is 888. The lowest BCUT2D eigenvalue weighted by atomic mass is 10.0. The van der Waals surface area contributed by atoms with Crippen molar-refractivity contribution in [2.24, 2.45) is 0 Å². The SMILES string of the molecule is C=C1CCC(N2C(=O)c3cccc(OCC(=O)N4CCCC4)c3C2=O)C(=O)N1. The van der Waals surface area contributed by atoms with Gasteiger partial charge in [0.15, 0.2) is 6.61 Å². The molecule has 1 aromatic carbocycles. The van der Waals surface area contributed by atoms with E-state index >= 15 is 0 Å². The van der Waals surface area contributed by atoms with Gasteiger partial charge in [0, 0.05) is 18.8 Å². The van der Waals surface area contributed by atoms with Gasteiger partial charge in [-0.1, -0.05) is 12.6 Å². The predicted molar refractivity (Wildman–Crippen MR) is 98.6 cm³/mol. The third-order valence-corrected chi connectivity index (χ3v) is 5.35. The summed E-state index contributed by atoms with van der Waals surface area (Å²) in [6.45, 7) is 4.94. The minimum absolute atomic E-state index is 0.110. The Labute approximate surface area is 162 Å². The topological polar surface area (TPSA) is 96.0 Å². The second-order valence-electron chi connectivity index (χ2n) is 7.18. The maximum absolute atomic E-state index is 13.0. The van der Waals surface area contributed by atoms with Gasteiger partial charge in [-0.3, -0.25) is 24.1 Å². The average molecular weight is 383 g/mol. The van der Waals surface area contributed by atoms with Gasteiger partial charge in [0.25, 0.3) is 17.7 Å². The zero-order valence-electron chi connectivity index (χ0n) is 15.4. The molecule has 0 spiro atoms. The highest BCUT2D eigenvalue weighted by Crippen LogP contribution is 2.34. The third-order valence-electron chi connectivity index (χ3n) is 5.35. The normalized spacial score (nSPS) is 21.8. The number of piperidine rings is 1. The lowest BCUT2D eigenvalue weighted by Gasteiger charge is -2.29. The molecule has 4 rings (SSSR count). The summed E-state index contributed by atoms with van der Waals surface area (Å²) >= 11 is 0. The van der Waals surface area contributed by atoms with Crippen LogP contribution in [0, 0.1) is 0 Å². The number of benzene rings is 1. The number of nitrogens with zero attached hydrogens (tertiary/aromatic N) is 2. The van der Waals surface area contributed by atoms with E-state index in [0.717, 1.165) is 17.7 Å². The highest BCUT2D eigenvalue weighted by atomic mass is 16.5. The highest BCUT2D eigenvalue weighted by Gasteiger charge is 2.45. The van der Waals surface area contributed by atoms with Crippen molar-refractivity contribution in [1.29, 1.82) is 0 Å². The van der Waals surface area contributed by atoms with Crippen LogP contribution in [0.1, 0.15) is 46.4 Å². The fraction of sp³-hybridized carbons (Fsp3) is 0.400. The molecule has 1 N–H and O–H groups in total. The van der Waals surface area contributed by atoms with Crippen molar-refractivity contribution in [3.8, 4) is 5.75 Å². The number of nitrogens with one attached hydrogen (secondary N) is 1. The molecular weight excluding hydrogens is 362 g/mol. The molecule has 8 nitrogen and oxygen atoms in total. The molecular formula is C20H21N3O5. The molecule has 0 saturated carbocycles. The lowest BCUT2D eigenvalue weighted by Crippen LogP contribution is -2.51. The van der Waals surface area contributed by atoms with Crippen LogP contribution in [0.15, 0.2) is 30.5 Å². The molecule has 3 heterocycles. The fourth-order valence-corrected chi connectivity index (χ4v) is 3.88. The molecule has 0 aliphatic carbocycles. The molecule has 146 valence electrons. The number of carbonyl (C=O) groups is 4. The van der Waals surface area contributed by atoms with Crippen molar-refractivity contribution in [2.75, 3.05) is 19.7 Å². The van der Waals surface area contributed by atoms with Crippen molar-refractivity contribution >= 4 is 23.6 Å². The van der Waals surface area contributed by atoms with Crippen molar-refractivity contribution in [2.45, 2.75) is 31.7 Å². The van der Waals surface area contributed by atoms with E-state index in [1.165, 1.54) is 6.07 Å². The second-order valence-corrected chi connectivity index (χ2v) is 7.18. The van der Waals surface area contributed by atoms with Crippen LogP contribution in [0.4, 0.5) is 0 Å². The molecule has 1 unspecified atom stereocenters. The molecule has 3 aliphatic heterocycles. The summed E-state index contributed by atoms with van der Waals surface area (Å²) in [6, 6.07) is 3.82. The number of allylic oxidation sites excluding steroid dienone is 1. The molecule has 0 bridgehead atoms. The molecule has 2 saturated heterocycles. The molecule has 0 radical (unpaired) electrons. The van der Waals surface area contributed by atoms with Crippen LogP contribution in [-0.2, 0) is 9.59 Å². The Morgan fingerprint density at radius 1 is 1.18 bits per heavy atom. The quantitative estimate of drug-likeness (QED) is 0.785. The molecule has 0 aromatic heterocycles. The number of hydrogen-bond donors (Lipinski definition) is 1. The van der Waals surface area contributed by atoms with E-state index in [0.29, 0.717) is 31.6 Å². The van der Waals surface area contributed by atoms with Crippen molar-refractivity contribution < 1.29 is 23.9 Å². The van der Waals surface area contributed by atoms with Crippen LogP contribution in [0.5, 0.6) is 5.75 Å². The fourth-order valence-electron chi connectivity index (χ4n) is 3.88. The van der Waals surface area contributed by atoms with E-state index in [1.54, 1.807) is 17.0 Å². The Morgan fingerprint density at radius 2 is 1.93 bits per heavy atom. The van der Waals surface area contributed by atoms with Crippen LogP contribution < -0.4 is 10.1 Å². The number of likely N-dealkylation sites (tertiary alicyclic amines) is 1. The van der Waals surface area contributed by atoms with Gasteiger partial charge in [-0.15, -0.1) is 0 Å². The first-order valence-corrected chi connectivity index (χ1v) is 9.37. The molecule has 3 aliphatic rings.